The topological polar surface area (TPSA) is 43.2 Å². The van der Waals surface area contributed by atoms with Crippen LogP contribution >= 0.6 is 11.6 Å². The zero-order chi connectivity index (χ0) is 15.0. The zero-order valence-electron chi connectivity index (χ0n) is 11.8. The summed E-state index contributed by atoms with van der Waals surface area (Å²) >= 11 is 6.01. The van der Waals surface area contributed by atoms with Gasteiger partial charge in [-0.3, -0.25) is 0 Å². The molecule has 108 valence electrons. The smallest absolute Gasteiger partial charge is 0.222 e. The maximum Gasteiger partial charge on any atom is 0.222 e. The number of amidine groups is 1. The summed E-state index contributed by atoms with van der Waals surface area (Å²) in [6.07, 6.45) is 1.54. The van der Waals surface area contributed by atoms with Gasteiger partial charge in [0.2, 0.25) is 5.29 Å². The summed E-state index contributed by atoms with van der Waals surface area (Å²) in [5.74, 6) is 1.28. The number of aliphatic imine (C=N–C) groups is 2. The highest BCUT2D eigenvalue weighted by Crippen LogP contribution is 2.39. The number of rotatable bonds is 2. The number of nitrogens with zero attached hydrogens (tertiary/aromatic N) is 2. The lowest BCUT2D eigenvalue weighted by Gasteiger charge is -2.36. The summed E-state index contributed by atoms with van der Waals surface area (Å²) in [5, 5.41) is 0.196. The van der Waals surface area contributed by atoms with E-state index >= 15 is 0 Å². The molecule has 0 aliphatic carbocycles. The van der Waals surface area contributed by atoms with E-state index in [1.165, 1.54) is 0 Å². The van der Waals surface area contributed by atoms with E-state index in [-0.39, 0.29) is 17.3 Å². The Bertz CT molecular complexity index is 691. The van der Waals surface area contributed by atoms with Gasteiger partial charge in [0.25, 0.3) is 0 Å². The number of halogens is 1. The average Bonchev–Trinajstić information content (AvgIpc) is 2.48. The minimum absolute atomic E-state index is 0.196. The maximum atomic E-state index is 6.10. The minimum Gasteiger partial charge on any atom is -0.497 e. The van der Waals surface area contributed by atoms with E-state index in [0.717, 1.165) is 22.8 Å². The van der Waals surface area contributed by atoms with Gasteiger partial charge in [-0.1, -0.05) is 18.7 Å². The van der Waals surface area contributed by atoms with Crippen LogP contribution in [0, 0.1) is 5.92 Å². The largest absolute Gasteiger partial charge is 0.497 e. The van der Waals surface area contributed by atoms with Crippen LogP contribution in [0.1, 0.15) is 12.5 Å². The Morgan fingerprint density at radius 1 is 1.38 bits per heavy atom. The molecule has 2 heterocycles. The summed E-state index contributed by atoms with van der Waals surface area (Å²) in [5.41, 5.74) is 2.36. The third-order valence-electron chi connectivity index (χ3n) is 3.62. The van der Waals surface area contributed by atoms with Crippen LogP contribution in [0.25, 0.3) is 0 Å². The zero-order valence-corrected chi connectivity index (χ0v) is 12.6. The van der Waals surface area contributed by atoms with Gasteiger partial charge in [-0.15, -0.1) is 0 Å². The fourth-order valence-corrected chi connectivity index (χ4v) is 2.89. The van der Waals surface area contributed by atoms with Gasteiger partial charge < -0.3 is 9.47 Å². The molecule has 1 aromatic rings. The SMILES string of the molecule is C=C1N=C(Cl)N=C2c3ccccc3OC(/C(=C\C)OC)C12. The molecule has 2 unspecified atom stereocenters. The Labute approximate surface area is 128 Å². The van der Waals surface area contributed by atoms with Gasteiger partial charge in [-0.25, -0.2) is 9.98 Å². The molecule has 1 aromatic carbocycles. The Balaban J connectivity index is 2.18. The van der Waals surface area contributed by atoms with Crippen LogP contribution in [0.4, 0.5) is 0 Å². The predicted octanol–water partition coefficient (Wildman–Crippen LogP) is 3.53. The number of para-hydroxylation sites is 1. The molecule has 0 aromatic heterocycles. The van der Waals surface area contributed by atoms with Crippen molar-refractivity contribution in [1.82, 2.24) is 0 Å². The van der Waals surface area contributed by atoms with Crippen LogP contribution in [0.15, 0.2) is 58.4 Å². The fourth-order valence-electron chi connectivity index (χ4n) is 2.69. The molecule has 21 heavy (non-hydrogen) atoms. The maximum absolute atomic E-state index is 6.10. The highest BCUT2D eigenvalue weighted by atomic mass is 35.5. The third kappa shape index (κ3) is 2.25. The fraction of sp³-hybridized carbons (Fsp3) is 0.250. The third-order valence-corrected chi connectivity index (χ3v) is 3.79. The van der Waals surface area contributed by atoms with Crippen LogP contribution in [-0.4, -0.2) is 24.2 Å². The van der Waals surface area contributed by atoms with Crippen LogP contribution in [0.3, 0.4) is 0 Å². The van der Waals surface area contributed by atoms with Gasteiger partial charge in [0, 0.05) is 11.3 Å². The first-order chi connectivity index (χ1) is 10.2. The molecule has 0 radical (unpaired) electrons. The molecule has 0 spiro atoms. The lowest BCUT2D eigenvalue weighted by Crippen LogP contribution is -2.42. The number of fused-ring (bicyclic) bond motifs is 3. The van der Waals surface area contributed by atoms with Gasteiger partial charge in [-0.2, -0.15) is 0 Å². The van der Waals surface area contributed by atoms with E-state index in [2.05, 4.69) is 16.6 Å². The van der Waals surface area contributed by atoms with Crippen LogP contribution in [-0.2, 0) is 4.74 Å². The first kappa shape index (κ1) is 13.9. The van der Waals surface area contributed by atoms with Gasteiger partial charge in [-0.05, 0) is 36.7 Å². The molecule has 0 fully saturated rings. The van der Waals surface area contributed by atoms with E-state index < -0.39 is 0 Å². The standard InChI is InChI=1S/C16H15ClN2O2/c1-4-11(20-3)15-13-9(2)18-16(17)19-14(13)10-7-5-6-8-12(10)21-15/h4-8,13,15H,2H2,1,3H3/b11-4+. The van der Waals surface area contributed by atoms with Gasteiger partial charge in [0.1, 0.15) is 11.5 Å². The van der Waals surface area contributed by atoms with Gasteiger partial charge in [0.05, 0.1) is 18.7 Å². The Hall–Kier alpha value is -2.07. The molecule has 0 amide bonds. The molecule has 0 saturated carbocycles. The minimum atomic E-state index is -0.338. The van der Waals surface area contributed by atoms with Crippen molar-refractivity contribution in [1.29, 1.82) is 0 Å². The lowest BCUT2D eigenvalue weighted by atomic mass is 9.84. The molecule has 0 N–H and O–H groups in total. The molecule has 0 saturated heterocycles. The van der Waals surface area contributed by atoms with Gasteiger partial charge in [0.15, 0.2) is 6.10 Å². The number of allylic oxidation sites excluding steroid dienone is 1. The van der Waals surface area contributed by atoms with E-state index in [1.807, 2.05) is 37.3 Å². The van der Waals surface area contributed by atoms with Crippen molar-refractivity contribution in [3.8, 4) is 5.75 Å². The molecule has 2 aliphatic rings. The van der Waals surface area contributed by atoms with Crippen LogP contribution in [0.2, 0.25) is 0 Å². The van der Waals surface area contributed by atoms with E-state index in [0.29, 0.717) is 5.70 Å². The molecule has 0 bridgehead atoms. The second-order valence-corrected chi connectivity index (χ2v) is 5.11. The normalized spacial score (nSPS) is 24.3. The predicted molar refractivity (Wildman–Crippen MR) is 84.1 cm³/mol. The number of hydrogen-bond donors (Lipinski definition) is 0. The van der Waals surface area contributed by atoms with Crippen molar-refractivity contribution in [3.63, 3.8) is 0 Å². The summed E-state index contributed by atoms with van der Waals surface area (Å²) in [6.45, 7) is 5.91. The van der Waals surface area contributed by atoms with Crippen molar-refractivity contribution in [3.05, 3.63) is 53.9 Å². The second-order valence-electron chi connectivity index (χ2n) is 4.78. The van der Waals surface area contributed by atoms with E-state index in [4.69, 9.17) is 21.1 Å². The Kier molecular flexibility index (Phi) is 3.55. The number of ether oxygens (including phenoxy) is 2. The van der Waals surface area contributed by atoms with Crippen molar-refractivity contribution in [2.24, 2.45) is 15.9 Å². The molecule has 4 nitrogen and oxygen atoms in total. The first-order valence-electron chi connectivity index (χ1n) is 6.63. The summed E-state index contributed by atoms with van der Waals surface area (Å²) < 4.78 is 11.5. The van der Waals surface area contributed by atoms with Crippen molar-refractivity contribution < 1.29 is 9.47 Å². The average molecular weight is 303 g/mol. The summed E-state index contributed by atoms with van der Waals surface area (Å²) in [7, 11) is 1.62. The molecular weight excluding hydrogens is 288 g/mol. The highest BCUT2D eigenvalue weighted by Gasteiger charge is 2.41. The number of methoxy groups -OCH3 is 1. The lowest BCUT2D eigenvalue weighted by molar-refractivity contribution is 0.125. The first-order valence-corrected chi connectivity index (χ1v) is 7.01. The van der Waals surface area contributed by atoms with Crippen LogP contribution < -0.4 is 4.74 Å². The quantitative estimate of drug-likeness (QED) is 0.619. The Morgan fingerprint density at radius 2 is 2.14 bits per heavy atom. The summed E-state index contributed by atoms with van der Waals surface area (Å²) in [4.78, 5) is 8.58. The molecule has 2 aliphatic heterocycles. The monoisotopic (exact) mass is 302 g/mol. The Morgan fingerprint density at radius 3 is 2.86 bits per heavy atom. The van der Waals surface area contributed by atoms with Crippen molar-refractivity contribution in [2.45, 2.75) is 13.0 Å². The molecule has 5 heteroatoms. The van der Waals surface area contributed by atoms with E-state index in [9.17, 15) is 0 Å². The van der Waals surface area contributed by atoms with Crippen LogP contribution in [0.5, 0.6) is 5.75 Å². The van der Waals surface area contributed by atoms with Gasteiger partial charge >= 0.3 is 0 Å². The number of benzene rings is 1. The molecule has 2 atom stereocenters. The molecular formula is C16H15ClN2O2. The summed E-state index contributed by atoms with van der Waals surface area (Å²) in [6, 6.07) is 7.73. The van der Waals surface area contributed by atoms with Crippen molar-refractivity contribution in [2.75, 3.05) is 7.11 Å². The highest BCUT2D eigenvalue weighted by molar-refractivity contribution is 6.66. The molecule has 3 rings (SSSR count). The second kappa shape index (κ2) is 5.37. The number of hydrogen-bond acceptors (Lipinski definition) is 4. The van der Waals surface area contributed by atoms with Crippen molar-refractivity contribution >= 4 is 22.6 Å². The van der Waals surface area contributed by atoms with E-state index in [1.54, 1.807) is 7.11 Å².